The number of pyridine rings is 2. The lowest BCUT2D eigenvalue weighted by Crippen LogP contribution is -2.56. The first-order valence-electron chi connectivity index (χ1n) is 12.5. The average Bonchev–Trinajstić information content (AvgIpc) is 3.45. The number of morpholine rings is 1. The van der Waals surface area contributed by atoms with Crippen LogP contribution in [-0.4, -0.2) is 67.7 Å². The summed E-state index contributed by atoms with van der Waals surface area (Å²) in [6.07, 6.45) is 1.49. The fourth-order valence-electron chi connectivity index (χ4n) is 5.17. The van der Waals surface area contributed by atoms with E-state index in [1.807, 2.05) is 25.1 Å². The lowest BCUT2D eigenvalue weighted by molar-refractivity contribution is -0.0888. The van der Waals surface area contributed by atoms with Gasteiger partial charge in [-0.1, -0.05) is 0 Å². The molecule has 4 aromatic rings. The number of carbonyl (C=O) groups is 1. The number of aromatic nitrogens is 5. The Hall–Kier alpha value is -3.97. The van der Waals surface area contributed by atoms with E-state index in [0.717, 1.165) is 34.3 Å². The summed E-state index contributed by atoms with van der Waals surface area (Å²) in [7, 11) is 1.44. The van der Waals surface area contributed by atoms with Crippen molar-refractivity contribution in [1.82, 2.24) is 29.7 Å². The number of Topliss-reactive ketones (excluding diaryl/α,β-unsaturated/α-hetero) is 1. The monoisotopic (exact) mass is 541 g/mol. The smallest absolute Gasteiger partial charge is 0.456 e. The van der Waals surface area contributed by atoms with Crippen LogP contribution in [0.25, 0.3) is 16.6 Å². The Morgan fingerprint density at radius 3 is 2.69 bits per heavy atom. The molecule has 0 spiro atoms. The first-order valence-corrected chi connectivity index (χ1v) is 12.5. The minimum absolute atomic E-state index is 0.0380. The van der Waals surface area contributed by atoms with Crippen molar-refractivity contribution >= 4 is 22.8 Å². The SMILES string of the molecule is Cc1cc(-c2ccn3nc(Nc4cn(C)nc4C(=O)C(F)(F)F)cc3c2)c(OC2CC3COCC(C2)N3)cn1. The molecule has 2 aliphatic heterocycles. The molecule has 2 aliphatic rings. The number of piperidine rings is 1. The van der Waals surface area contributed by atoms with Gasteiger partial charge in [-0.15, -0.1) is 0 Å². The molecule has 0 amide bonds. The lowest BCUT2D eigenvalue weighted by atomic mass is 9.94. The van der Waals surface area contributed by atoms with Crippen molar-refractivity contribution in [1.29, 1.82) is 0 Å². The Morgan fingerprint density at radius 1 is 1.18 bits per heavy atom. The standard InChI is InChI=1S/C26H26F3N7O3/c1-14-5-20(22(10-30-14)39-19-7-16-12-38-13-17(8-19)31-16)15-3-4-36-18(6-15)9-23(33-36)32-21-11-35(2)34-24(21)25(37)26(27,28)29/h3-6,9-11,16-17,19,31H,7-8,12-13H2,1-2H3,(H,32,33). The quantitative estimate of drug-likeness (QED) is 0.355. The Kier molecular flexibility index (Phi) is 6.26. The molecule has 0 radical (unpaired) electrons. The number of nitrogens with one attached hydrogen (secondary N) is 2. The predicted molar refractivity (Wildman–Crippen MR) is 135 cm³/mol. The van der Waals surface area contributed by atoms with Gasteiger partial charge in [0.1, 0.15) is 11.9 Å². The summed E-state index contributed by atoms with van der Waals surface area (Å²) in [5, 5.41) is 14.4. The highest BCUT2D eigenvalue weighted by Crippen LogP contribution is 2.34. The molecule has 2 saturated heterocycles. The molecule has 0 saturated carbocycles. The van der Waals surface area contributed by atoms with E-state index in [1.165, 1.54) is 13.2 Å². The zero-order valence-corrected chi connectivity index (χ0v) is 21.2. The highest BCUT2D eigenvalue weighted by atomic mass is 19.4. The number of carbonyl (C=O) groups excluding carboxylic acids is 1. The maximum Gasteiger partial charge on any atom is 0.456 e. The molecule has 6 heterocycles. The molecule has 2 fully saturated rings. The Balaban J connectivity index is 1.27. The van der Waals surface area contributed by atoms with Crippen molar-refractivity contribution in [3.05, 3.63) is 54.2 Å². The van der Waals surface area contributed by atoms with Crippen molar-refractivity contribution in [3.8, 4) is 16.9 Å². The minimum Gasteiger partial charge on any atom is -0.488 e. The van der Waals surface area contributed by atoms with E-state index in [0.29, 0.717) is 24.5 Å². The first-order chi connectivity index (χ1) is 18.6. The van der Waals surface area contributed by atoms with Crippen molar-refractivity contribution in [2.75, 3.05) is 18.5 Å². The summed E-state index contributed by atoms with van der Waals surface area (Å²) in [6, 6.07) is 7.98. The van der Waals surface area contributed by atoms with Gasteiger partial charge in [0, 0.05) is 61.7 Å². The minimum atomic E-state index is -5.04. The van der Waals surface area contributed by atoms with Crippen LogP contribution < -0.4 is 15.4 Å². The average molecular weight is 542 g/mol. The van der Waals surface area contributed by atoms with Gasteiger partial charge in [0.2, 0.25) is 0 Å². The molecule has 10 nitrogen and oxygen atoms in total. The molecule has 0 aromatic carbocycles. The Labute approximate surface area is 221 Å². The van der Waals surface area contributed by atoms with Gasteiger partial charge in [0.25, 0.3) is 5.78 Å². The molecule has 2 N–H and O–H groups in total. The van der Waals surface area contributed by atoms with Crippen LogP contribution in [0.15, 0.2) is 42.9 Å². The van der Waals surface area contributed by atoms with Gasteiger partial charge in [-0.3, -0.25) is 14.5 Å². The number of nitrogens with zero attached hydrogens (tertiary/aromatic N) is 5. The molecule has 2 unspecified atom stereocenters. The van der Waals surface area contributed by atoms with Gasteiger partial charge in [0.05, 0.1) is 30.6 Å². The number of anilines is 2. The molecule has 6 rings (SSSR count). The topological polar surface area (TPSA) is 108 Å². The van der Waals surface area contributed by atoms with Gasteiger partial charge in [-0.05, 0) is 30.7 Å². The van der Waals surface area contributed by atoms with E-state index >= 15 is 0 Å². The predicted octanol–water partition coefficient (Wildman–Crippen LogP) is 3.83. The Morgan fingerprint density at radius 2 is 1.95 bits per heavy atom. The highest BCUT2D eigenvalue weighted by molar-refractivity contribution is 6.03. The van der Waals surface area contributed by atoms with Crippen molar-refractivity contribution in [2.24, 2.45) is 7.05 Å². The Bertz CT molecular complexity index is 1540. The third kappa shape index (κ3) is 5.19. The van der Waals surface area contributed by atoms with Gasteiger partial charge < -0.3 is 20.1 Å². The van der Waals surface area contributed by atoms with E-state index in [1.54, 1.807) is 23.0 Å². The van der Waals surface area contributed by atoms with Crippen LogP contribution in [-0.2, 0) is 11.8 Å². The molecule has 204 valence electrons. The normalized spacial score (nSPS) is 21.2. The second-order valence-corrected chi connectivity index (χ2v) is 9.96. The number of ketones is 1. The zero-order valence-electron chi connectivity index (χ0n) is 21.2. The molecule has 2 bridgehead atoms. The van der Waals surface area contributed by atoms with E-state index < -0.39 is 17.7 Å². The van der Waals surface area contributed by atoms with E-state index in [9.17, 15) is 18.0 Å². The van der Waals surface area contributed by atoms with Crippen LogP contribution in [0.3, 0.4) is 0 Å². The number of fused-ring (bicyclic) bond motifs is 3. The number of aryl methyl sites for hydroxylation is 2. The summed E-state index contributed by atoms with van der Waals surface area (Å²) >= 11 is 0. The second-order valence-electron chi connectivity index (χ2n) is 9.96. The van der Waals surface area contributed by atoms with Gasteiger partial charge in [-0.2, -0.15) is 23.4 Å². The second kappa shape index (κ2) is 9.65. The van der Waals surface area contributed by atoms with Crippen molar-refractivity contribution in [3.63, 3.8) is 0 Å². The number of rotatable bonds is 6. The third-order valence-electron chi connectivity index (χ3n) is 6.84. The molecular formula is C26H26F3N7O3. The number of ether oxygens (including phenoxy) is 2. The molecule has 0 aliphatic carbocycles. The van der Waals surface area contributed by atoms with Crippen LogP contribution in [0.5, 0.6) is 5.75 Å². The van der Waals surface area contributed by atoms with E-state index in [2.05, 4.69) is 25.8 Å². The summed E-state index contributed by atoms with van der Waals surface area (Å²) in [5.74, 6) is -1.08. The molecule has 2 atom stereocenters. The fraction of sp³-hybridized carbons (Fsp3) is 0.385. The number of alkyl halides is 3. The maximum absolute atomic E-state index is 13.0. The largest absolute Gasteiger partial charge is 0.488 e. The summed E-state index contributed by atoms with van der Waals surface area (Å²) in [4.78, 5) is 16.3. The molecule has 13 heteroatoms. The van der Waals surface area contributed by atoms with E-state index in [4.69, 9.17) is 9.47 Å². The van der Waals surface area contributed by atoms with Gasteiger partial charge in [0.15, 0.2) is 11.5 Å². The van der Waals surface area contributed by atoms with Crippen molar-refractivity contribution in [2.45, 2.75) is 44.1 Å². The van der Waals surface area contributed by atoms with E-state index in [-0.39, 0.29) is 29.7 Å². The molecule has 4 aromatic heterocycles. The van der Waals surface area contributed by atoms with Gasteiger partial charge in [-0.25, -0.2) is 4.52 Å². The van der Waals surface area contributed by atoms with Crippen LogP contribution in [0.1, 0.15) is 29.0 Å². The zero-order chi connectivity index (χ0) is 27.3. The highest BCUT2D eigenvalue weighted by Gasteiger charge is 2.42. The third-order valence-corrected chi connectivity index (χ3v) is 6.84. The van der Waals surface area contributed by atoms with Gasteiger partial charge >= 0.3 is 6.18 Å². The summed E-state index contributed by atoms with van der Waals surface area (Å²) in [5.41, 5.74) is 2.48. The lowest BCUT2D eigenvalue weighted by Gasteiger charge is -2.40. The number of hydrogen-bond donors (Lipinski definition) is 2. The van der Waals surface area contributed by atoms with Crippen LogP contribution in [0.4, 0.5) is 24.7 Å². The molecule has 39 heavy (non-hydrogen) atoms. The van der Waals surface area contributed by atoms with Crippen LogP contribution >= 0.6 is 0 Å². The van der Waals surface area contributed by atoms with Crippen LogP contribution in [0.2, 0.25) is 0 Å². The van der Waals surface area contributed by atoms with Crippen LogP contribution in [0, 0.1) is 6.92 Å². The summed E-state index contributed by atoms with van der Waals surface area (Å²) in [6.45, 7) is 3.26. The summed E-state index contributed by atoms with van der Waals surface area (Å²) < 4.78 is 54.0. The maximum atomic E-state index is 13.0. The molecular weight excluding hydrogens is 515 g/mol. The fourth-order valence-corrected chi connectivity index (χ4v) is 5.17. The van der Waals surface area contributed by atoms with Crippen molar-refractivity contribution < 1.29 is 27.4 Å². The first kappa shape index (κ1) is 25.3. The number of hydrogen-bond acceptors (Lipinski definition) is 8. The number of halogens is 3.